The summed E-state index contributed by atoms with van der Waals surface area (Å²) in [4.78, 5) is 12.1. The summed E-state index contributed by atoms with van der Waals surface area (Å²) in [5.41, 5.74) is 8.00. The van der Waals surface area contributed by atoms with Crippen molar-refractivity contribution < 1.29 is 4.79 Å². The molecule has 7 nitrogen and oxygen atoms in total. The summed E-state index contributed by atoms with van der Waals surface area (Å²) in [6, 6.07) is 0. The maximum absolute atomic E-state index is 12.1. The number of nitrogens with one attached hydrogen (secondary N) is 1. The molecule has 0 bridgehead atoms. The van der Waals surface area contributed by atoms with Crippen molar-refractivity contribution in [1.82, 2.24) is 19.6 Å². The zero-order valence-electron chi connectivity index (χ0n) is 10.6. The Bertz CT molecular complexity index is 563. The van der Waals surface area contributed by atoms with E-state index in [1.54, 1.807) is 13.2 Å². The van der Waals surface area contributed by atoms with Gasteiger partial charge in [0.15, 0.2) is 0 Å². The van der Waals surface area contributed by atoms with Gasteiger partial charge in [-0.1, -0.05) is 0 Å². The lowest BCUT2D eigenvalue weighted by molar-refractivity contribution is 0.101. The fraction of sp³-hybridized carbons (Fsp3) is 0.364. The summed E-state index contributed by atoms with van der Waals surface area (Å²) < 4.78 is 3.26. The van der Waals surface area contributed by atoms with Crippen molar-refractivity contribution in [1.29, 1.82) is 0 Å². The van der Waals surface area contributed by atoms with Crippen molar-refractivity contribution in [3.63, 3.8) is 0 Å². The number of carbonyl (C=O) groups excluding carboxylic acids is 1. The molecule has 18 heavy (non-hydrogen) atoms. The van der Waals surface area contributed by atoms with Crippen molar-refractivity contribution in [3.8, 4) is 0 Å². The van der Waals surface area contributed by atoms with Crippen LogP contribution < -0.4 is 11.1 Å². The van der Waals surface area contributed by atoms with Crippen LogP contribution in [0, 0.1) is 6.92 Å². The van der Waals surface area contributed by atoms with Gasteiger partial charge in [-0.15, -0.1) is 0 Å². The fourth-order valence-corrected chi connectivity index (χ4v) is 1.80. The molecule has 1 amide bonds. The minimum atomic E-state index is -0.286. The Balaban J connectivity index is 2.24. The third kappa shape index (κ3) is 1.94. The number of carbonyl (C=O) groups is 1. The van der Waals surface area contributed by atoms with Gasteiger partial charge >= 0.3 is 0 Å². The van der Waals surface area contributed by atoms with Crippen LogP contribution in [0.25, 0.3) is 0 Å². The van der Waals surface area contributed by atoms with Crippen LogP contribution in [-0.2, 0) is 13.6 Å². The lowest BCUT2D eigenvalue weighted by Crippen LogP contribution is -2.18. The van der Waals surface area contributed by atoms with E-state index in [0.29, 0.717) is 17.1 Å². The van der Waals surface area contributed by atoms with Crippen LogP contribution in [0.2, 0.25) is 0 Å². The maximum atomic E-state index is 12.1. The first kappa shape index (κ1) is 12.2. The van der Waals surface area contributed by atoms with Crippen molar-refractivity contribution in [2.24, 2.45) is 7.05 Å². The van der Waals surface area contributed by atoms with Gasteiger partial charge in [-0.3, -0.25) is 14.2 Å². The highest BCUT2D eigenvalue weighted by molar-refractivity contribution is 6.06. The molecular formula is C11H16N6O. The summed E-state index contributed by atoms with van der Waals surface area (Å²) in [7, 11) is 1.67. The van der Waals surface area contributed by atoms with E-state index in [0.717, 1.165) is 12.2 Å². The zero-order chi connectivity index (χ0) is 13.3. The first-order valence-electron chi connectivity index (χ1n) is 5.65. The Labute approximate surface area is 105 Å². The Morgan fingerprint density at radius 2 is 2.17 bits per heavy atom. The summed E-state index contributed by atoms with van der Waals surface area (Å²) in [5, 5.41) is 10.9. The Morgan fingerprint density at radius 3 is 2.67 bits per heavy atom. The third-order valence-electron chi connectivity index (χ3n) is 2.83. The summed E-state index contributed by atoms with van der Waals surface area (Å²) in [6.07, 6.45) is 3.08. The minimum Gasteiger partial charge on any atom is -0.396 e. The highest BCUT2D eigenvalue weighted by Crippen LogP contribution is 2.16. The number of nitrogens with two attached hydrogens (primary N) is 1. The maximum Gasteiger partial charge on any atom is 0.276 e. The van der Waals surface area contributed by atoms with Crippen LogP contribution in [0.3, 0.4) is 0 Å². The van der Waals surface area contributed by atoms with E-state index in [2.05, 4.69) is 15.5 Å². The molecule has 0 fully saturated rings. The van der Waals surface area contributed by atoms with E-state index < -0.39 is 0 Å². The molecule has 0 aliphatic rings. The molecule has 2 heterocycles. The average Bonchev–Trinajstić information content (AvgIpc) is 2.84. The van der Waals surface area contributed by atoms with Crippen molar-refractivity contribution >= 4 is 17.3 Å². The van der Waals surface area contributed by atoms with Gasteiger partial charge < -0.3 is 11.1 Å². The number of hydrogen-bond donors (Lipinski definition) is 2. The van der Waals surface area contributed by atoms with Crippen molar-refractivity contribution in [3.05, 3.63) is 23.8 Å². The molecule has 96 valence electrons. The number of hydrogen-bond acceptors (Lipinski definition) is 4. The number of aryl methyl sites for hydroxylation is 2. The minimum absolute atomic E-state index is 0.286. The average molecular weight is 248 g/mol. The molecule has 7 heteroatoms. The van der Waals surface area contributed by atoms with Crippen LogP contribution in [0.15, 0.2) is 12.4 Å². The van der Waals surface area contributed by atoms with E-state index in [1.807, 2.05) is 18.5 Å². The second-order valence-corrected chi connectivity index (χ2v) is 3.99. The number of rotatable bonds is 3. The Hall–Kier alpha value is -2.31. The smallest absolute Gasteiger partial charge is 0.276 e. The Kier molecular flexibility index (Phi) is 3.05. The molecule has 2 rings (SSSR count). The van der Waals surface area contributed by atoms with E-state index in [-0.39, 0.29) is 5.91 Å². The Morgan fingerprint density at radius 1 is 1.44 bits per heavy atom. The van der Waals surface area contributed by atoms with Gasteiger partial charge in [0.05, 0.1) is 29.5 Å². The van der Waals surface area contributed by atoms with Gasteiger partial charge in [-0.25, -0.2) is 0 Å². The number of anilines is 2. The fourth-order valence-electron chi connectivity index (χ4n) is 1.80. The zero-order valence-corrected chi connectivity index (χ0v) is 10.6. The molecule has 2 aromatic rings. The molecular weight excluding hydrogens is 232 g/mol. The number of amides is 1. The predicted molar refractivity (Wildman–Crippen MR) is 68.2 cm³/mol. The molecule has 0 saturated heterocycles. The number of aromatic nitrogens is 4. The highest BCUT2D eigenvalue weighted by Gasteiger charge is 2.17. The second-order valence-electron chi connectivity index (χ2n) is 3.99. The van der Waals surface area contributed by atoms with Gasteiger partial charge in [0.1, 0.15) is 5.69 Å². The molecule has 0 aliphatic carbocycles. The first-order valence-corrected chi connectivity index (χ1v) is 5.65. The molecule has 0 radical (unpaired) electrons. The molecule has 0 saturated carbocycles. The van der Waals surface area contributed by atoms with E-state index in [9.17, 15) is 4.79 Å². The van der Waals surface area contributed by atoms with Gasteiger partial charge in [0.25, 0.3) is 5.91 Å². The summed E-state index contributed by atoms with van der Waals surface area (Å²) >= 11 is 0. The first-order chi connectivity index (χ1) is 8.54. The molecule has 0 aromatic carbocycles. The number of nitrogens with zero attached hydrogens (tertiary/aromatic N) is 4. The lowest BCUT2D eigenvalue weighted by atomic mass is 10.3. The van der Waals surface area contributed by atoms with Crippen LogP contribution in [0.5, 0.6) is 0 Å². The largest absolute Gasteiger partial charge is 0.396 e. The molecule has 0 aliphatic heterocycles. The third-order valence-corrected chi connectivity index (χ3v) is 2.83. The quantitative estimate of drug-likeness (QED) is 0.839. The summed E-state index contributed by atoms with van der Waals surface area (Å²) in [5.74, 6) is -0.286. The van der Waals surface area contributed by atoms with Gasteiger partial charge in [-0.2, -0.15) is 10.2 Å². The van der Waals surface area contributed by atoms with Crippen LogP contribution >= 0.6 is 0 Å². The van der Waals surface area contributed by atoms with Gasteiger partial charge in [0.2, 0.25) is 0 Å². The molecule has 0 spiro atoms. The van der Waals surface area contributed by atoms with Crippen LogP contribution in [-0.4, -0.2) is 25.5 Å². The standard InChI is InChI=1S/C11H16N6O/c1-4-17-7(2)9(6-14-17)15-11(18)10-8(12)5-13-16(10)3/h5-6H,4,12H2,1-3H3,(H,15,18). The second kappa shape index (κ2) is 4.52. The molecule has 0 unspecified atom stereocenters. The SMILES string of the molecule is CCn1ncc(NC(=O)c2c(N)cnn2C)c1C. The normalized spacial score (nSPS) is 10.6. The number of nitrogen functional groups attached to an aromatic ring is 1. The van der Waals surface area contributed by atoms with Crippen LogP contribution in [0.1, 0.15) is 23.1 Å². The van der Waals surface area contributed by atoms with Gasteiger partial charge in [0, 0.05) is 13.6 Å². The topological polar surface area (TPSA) is 90.8 Å². The van der Waals surface area contributed by atoms with Crippen molar-refractivity contribution in [2.45, 2.75) is 20.4 Å². The summed E-state index contributed by atoms with van der Waals surface area (Å²) in [6.45, 7) is 4.65. The van der Waals surface area contributed by atoms with E-state index in [4.69, 9.17) is 5.73 Å². The van der Waals surface area contributed by atoms with E-state index >= 15 is 0 Å². The highest BCUT2D eigenvalue weighted by atomic mass is 16.2. The molecule has 3 N–H and O–H groups in total. The molecule has 2 aromatic heterocycles. The van der Waals surface area contributed by atoms with Gasteiger partial charge in [-0.05, 0) is 13.8 Å². The lowest BCUT2D eigenvalue weighted by Gasteiger charge is -2.06. The van der Waals surface area contributed by atoms with E-state index in [1.165, 1.54) is 10.9 Å². The van der Waals surface area contributed by atoms with Crippen LogP contribution in [0.4, 0.5) is 11.4 Å². The monoisotopic (exact) mass is 248 g/mol. The van der Waals surface area contributed by atoms with Crippen molar-refractivity contribution in [2.75, 3.05) is 11.1 Å². The molecule has 0 atom stereocenters. The predicted octanol–water partition coefficient (Wildman–Crippen LogP) is 0.779.